The minimum absolute atomic E-state index is 0.182. The number of benzene rings is 2. The van der Waals surface area contributed by atoms with E-state index in [-0.39, 0.29) is 48.3 Å². The summed E-state index contributed by atoms with van der Waals surface area (Å²) in [5.74, 6) is -1.99. The van der Waals surface area contributed by atoms with Crippen LogP contribution in [-0.2, 0) is 25.5 Å². The first kappa shape index (κ1) is 33.9. The van der Waals surface area contributed by atoms with E-state index in [2.05, 4.69) is 29.1 Å². The van der Waals surface area contributed by atoms with Gasteiger partial charge in [-0.25, -0.2) is 0 Å². The highest BCUT2D eigenvalue weighted by Crippen LogP contribution is 2.61. The van der Waals surface area contributed by atoms with Crippen molar-refractivity contribution in [2.75, 3.05) is 31.2 Å². The number of aliphatic hydroxyl groups is 1. The normalized spacial score (nSPS) is 27.0. The minimum atomic E-state index is -1.26. The number of rotatable bonds is 14. The fourth-order valence-corrected chi connectivity index (χ4v) is 8.47. The van der Waals surface area contributed by atoms with Crippen molar-refractivity contribution in [3.05, 3.63) is 85.5 Å². The van der Waals surface area contributed by atoms with Crippen LogP contribution in [0.3, 0.4) is 0 Å². The molecule has 0 saturated carbocycles. The molecule has 3 aliphatic heterocycles. The van der Waals surface area contributed by atoms with E-state index in [1.807, 2.05) is 63.2 Å². The Balaban J connectivity index is 1.59. The predicted octanol–water partition coefficient (Wildman–Crippen LogP) is 4.38. The Morgan fingerprint density at radius 1 is 1.11 bits per heavy atom. The summed E-state index contributed by atoms with van der Waals surface area (Å²) >= 11 is 3.77. The molecule has 3 saturated heterocycles. The van der Waals surface area contributed by atoms with Crippen LogP contribution in [-0.4, -0.2) is 93.6 Å². The Morgan fingerprint density at radius 2 is 1.78 bits per heavy atom. The number of likely N-dealkylation sites (tertiary alicyclic amines) is 1. The lowest BCUT2D eigenvalue weighted by Crippen LogP contribution is -2.60. The molecule has 0 aliphatic carbocycles. The number of ether oxygens (including phenoxy) is 2. The van der Waals surface area contributed by atoms with E-state index >= 15 is 0 Å². The third-order valence-electron chi connectivity index (χ3n) is 9.43. The number of carbonyl (C=O) groups excluding carboxylic acids is 3. The zero-order valence-corrected chi connectivity index (χ0v) is 28.3. The summed E-state index contributed by atoms with van der Waals surface area (Å²) < 4.78 is 12.4. The number of hydrogen-bond acceptors (Lipinski definition) is 6. The van der Waals surface area contributed by atoms with Gasteiger partial charge in [-0.3, -0.25) is 14.4 Å². The van der Waals surface area contributed by atoms with E-state index < -0.39 is 35.6 Å². The highest BCUT2D eigenvalue weighted by Gasteiger charge is 2.77. The molecule has 1 spiro atoms. The maximum absolute atomic E-state index is 14.8. The predicted molar refractivity (Wildman–Crippen MR) is 181 cm³/mol. The highest BCUT2D eigenvalue weighted by atomic mass is 79.9. The van der Waals surface area contributed by atoms with Crippen molar-refractivity contribution in [1.29, 1.82) is 0 Å². The molecule has 0 aromatic heterocycles. The fourth-order valence-electron chi connectivity index (χ4n) is 7.53. The van der Waals surface area contributed by atoms with E-state index in [0.717, 1.165) is 5.56 Å². The molecule has 1 N–H and O–H groups in total. The summed E-state index contributed by atoms with van der Waals surface area (Å²) in [5.41, 5.74) is 0.302. The Kier molecular flexibility index (Phi) is 10.4. The Hall–Kier alpha value is -3.47. The number of amides is 3. The second kappa shape index (κ2) is 14.1. The zero-order valence-electron chi connectivity index (χ0n) is 26.8. The van der Waals surface area contributed by atoms with Crippen molar-refractivity contribution in [2.24, 2.45) is 11.8 Å². The van der Waals surface area contributed by atoms with E-state index in [1.54, 1.807) is 34.1 Å². The molecular weight excluding hydrogens is 650 g/mol. The molecule has 3 unspecified atom stereocenters. The van der Waals surface area contributed by atoms with Gasteiger partial charge in [0, 0.05) is 29.6 Å². The molecule has 2 aromatic carbocycles. The largest absolute Gasteiger partial charge is 0.494 e. The Morgan fingerprint density at radius 3 is 2.37 bits per heavy atom. The summed E-state index contributed by atoms with van der Waals surface area (Å²) in [6.45, 7) is 14.1. The first-order valence-electron chi connectivity index (χ1n) is 16.0. The van der Waals surface area contributed by atoms with Gasteiger partial charge in [0.05, 0.1) is 37.2 Å². The maximum atomic E-state index is 14.8. The molecule has 3 heterocycles. The molecule has 3 amide bonds. The van der Waals surface area contributed by atoms with E-state index in [4.69, 9.17) is 9.47 Å². The highest BCUT2D eigenvalue weighted by molar-refractivity contribution is 9.09. The van der Waals surface area contributed by atoms with Crippen LogP contribution in [0.5, 0.6) is 5.75 Å². The third-order valence-corrected chi connectivity index (χ3v) is 10.3. The summed E-state index contributed by atoms with van der Waals surface area (Å²) in [6.07, 6.45) is 3.41. The Bertz CT molecular complexity index is 1430. The smallest absolute Gasteiger partial charge is 0.248 e. The molecule has 46 heavy (non-hydrogen) atoms. The van der Waals surface area contributed by atoms with Crippen LogP contribution in [0.1, 0.15) is 32.8 Å². The molecule has 2 aromatic rings. The SMILES string of the molecule is C=CCN(C(=O)[C@H]1[C@H]2C(=O)N([C@@H](CO)Cc3ccccc3)C(C(=O)N(CC=C)C(C)C)C23CC(Br)[C@@H]1O3)c1ccc(OCC)cc1. The number of nitrogens with zero attached hydrogens (tertiary/aromatic N) is 3. The average molecular weight is 695 g/mol. The lowest BCUT2D eigenvalue weighted by atomic mass is 9.70. The van der Waals surface area contributed by atoms with Crippen LogP contribution < -0.4 is 9.64 Å². The van der Waals surface area contributed by atoms with Gasteiger partial charge in [0.15, 0.2) is 0 Å². The van der Waals surface area contributed by atoms with Crippen molar-refractivity contribution in [1.82, 2.24) is 9.80 Å². The standard InChI is InChI=1S/C36H44BrN3O6/c1-6-18-38(23(4)5)35(44)32-36-21-28(37)31(46-36)29(33(42)39(19-7-2)25-14-16-27(17-15-25)45-8-3)30(36)34(43)40(32)26(22-41)20-24-12-10-9-11-13-24/h6-7,9-17,23,26,28-32,41H,1-2,8,18-22H2,3-5H3/t26-,28?,29+,30+,31+,32?,36?/m1/s1. The zero-order chi connectivity index (χ0) is 33.2. The maximum Gasteiger partial charge on any atom is 0.248 e. The molecule has 7 atom stereocenters. The molecule has 5 rings (SSSR count). The summed E-state index contributed by atoms with van der Waals surface area (Å²) in [5, 5.41) is 10.8. The van der Waals surface area contributed by atoms with Gasteiger partial charge in [-0.1, -0.05) is 58.4 Å². The van der Waals surface area contributed by atoms with Gasteiger partial charge in [-0.15, -0.1) is 13.2 Å². The van der Waals surface area contributed by atoms with Gasteiger partial charge in [-0.05, 0) is 63.4 Å². The number of carbonyl (C=O) groups is 3. The van der Waals surface area contributed by atoms with E-state index in [0.29, 0.717) is 30.9 Å². The van der Waals surface area contributed by atoms with Crippen molar-refractivity contribution >= 4 is 39.3 Å². The number of halogens is 1. The van der Waals surface area contributed by atoms with Gasteiger partial charge in [0.1, 0.15) is 17.4 Å². The van der Waals surface area contributed by atoms with Crippen molar-refractivity contribution in [3.63, 3.8) is 0 Å². The van der Waals surface area contributed by atoms with Crippen LogP contribution in [0.4, 0.5) is 5.69 Å². The van der Waals surface area contributed by atoms with Crippen LogP contribution >= 0.6 is 15.9 Å². The summed E-state index contributed by atoms with van der Waals surface area (Å²) in [7, 11) is 0. The summed E-state index contributed by atoms with van der Waals surface area (Å²) in [6, 6.07) is 14.9. The fraction of sp³-hybridized carbons (Fsp3) is 0.472. The van der Waals surface area contributed by atoms with Crippen LogP contribution in [0, 0.1) is 11.8 Å². The topological polar surface area (TPSA) is 99.6 Å². The molecule has 3 fully saturated rings. The molecular formula is C36H44BrN3O6. The van der Waals surface area contributed by atoms with Gasteiger partial charge in [0.2, 0.25) is 17.7 Å². The third kappa shape index (κ3) is 5.91. The van der Waals surface area contributed by atoms with Gasteiger partial charge in [-0.2, -0.15) is 0 Å². The monoisotopic (exact) mass is 693 g/mol. The van der Waals surface area contributed by atoms with Gasteiger partial charge < -0.3 is 29.3 Å². The lowest BCUT2D eigenvalue weighted by molar-refractivity contribution is -0.152. The molecule has 0 radical (unpaired) electrons. The molecule has 246 valence electrons. The molecule has 3 aliphatic rings. The van der Waals surface area contributed by atoms with Crippen molar-refractivity contribution in [2.45, 2.75) is 68.3 Å². The van der Waals surface area contributed by atoms with E-state index in [1.165, 1.54) is 4.90 Å². The number of alkyl halides is 1. The second-order valence-corrected chi connectivity index (χ2v) is 13.6. The number of hydrogen-bond donors (Lipinski definition) is 1. The van der Waals surface area contributed by atoms with E-state index in [9.17, 15) is 19.5 Å². The molecule has 10 heteroatoms. The van der Waals surface area contributed by atoms with Crippen molar-refractivity contribution < 1.29 is 29.0 Å². The van der Waals surface area contributed by atoms with Crippen LogP contribution in [0.15, 0.2) is 79.9 Å². The average Bonchev–Trinajstić information content (AvgIpc) is 3.65. The number of anilines is 1. The van der Waals surface area contributed by atoms with Crippen LogP contribution in [0.25, 0.3) is 0 Å². The first-order valence-corrected chi connectivity index (χ1v) is 16.9. The second-order valence-electron chi connectivity index (χ2n) is 12.5. The molecule has 9 nitrogen and oxygen atoms in total. The van der Waals surface area contributed by atoms with Gasteiger partial charge in [0.25, 0.3) is 0 Å². The first-order chi connectivity index (χ1) is 22.1. The number of aliphatic hydroxyl groups excluding tert-OH is 1. The Labute approximate surface area is 280 Å². The van der Waals surface area contributed by atoms with Gasteiger partial charge >= 0.3 is 0 Å². The van der Waals surface area contributed by atoms with Crippen LogP contribution in [0.2, 0.25) is 0 Å². The van der Waals surface area contributed by atoms with Crippen molar-refractivity contribution in [3.8, 4) is 5.75 Å². The summed E-state index contributed by atoms with van der Waals surface area (Å²) in [4.78, 5) is 48.7. The quantitative estimate of drug-likeness (QED) is 0.233. The molecule has 2 bridgehead atoms. The number of fused-ring (bicyclic) bond motifs is 1. The minimum Gasteiger partial charge on any atom is -0.494 e. The lowest BCUT2D eigenvalue weighted by Gasteiger charge is -2.40.